The molecule has 5 heteroatoms. The van der Waals surface area contributed by atoms with E-state index in [1.54, 1.807) is 0 Å². The monoisotopic (exact) mass is 364 g/mol. The molecular formula is C22H25FN4. The number of nitrogens with zero attached hydrogens (tertiary/aromatic N) is 4. The van der Waals surface area contributed by atoms with Crippen LogP contribution in [0.2, 0.25) is 0 Å². The Kier molecular flexibility index (Phi) is 4.40. The molecule has 1 unspecified atom stereocenters. The molecule has 4 heterocycles. The summed E-state index contributed by atoms with van der Waals surface area (Å²) in [6.07, 6.45) is 7.59. The highest BCUT2D eigenvalue weighted by molar-refractivity contribution is 5.82. The lowest BCUT2D eigenvalue weighted by atomic mass is 9.90. The van der Waals surface area contributed by atoms with Gasteiger partial charge in [0.25, 0.3) is 0 Å². The Hall–Kier alpha value is -2.27. The van der Waals surface area contributed by atoms with Crippen molar-refractivity contribution in [2.45, 2.75) is 51.4 Å². The van der Waals surface area contributed by atoms with Gasteiger partial charge in [0.2, 0.25) is 0 Å². The maximum absolute atomic E-state index is 13.3. The average molecular weight is 364 g/mol. The Morgan fingerprint density at radius 1 is 1.11 bits per heavy atom. The zero-order chi connectivity index (χ0) is 18.2. The van der Waals surface area contributed by atoms with E-state index in [1.165, 1.54) is 42.6 Å². The van der Waals surface area contributed by atoms with Gasteiger partial charge in [-0.3, -0.25) is 4.90 Å². The summed E-state index contributed by atoms with van der Waals surface area (Å²) in [4.78, 5) is 11.5. The van der Waals surface area contributed by atoms with Gasteiger partial charge in [-0.2, -0.15) is 0 Å². The van der Waals surface area contributed by atoms with Crippen LogP contribution in [0.15, 0.2) is 36.5 Å². The van der Waals surface area contributed by atoms with E-state index < -0.39 is 6.67 Å². The predicted octanol–water partition coefficient (Wildman–Crippen LogP) is 4.23. The van der Waals surface area contributed by atoms with Gasteiger partial charge in [0.05, 0.1) is 17.2 Å². The first kappa shape index (κ1) is 16.9. The second-order valence-electron chi connectivity index (χ2n) is 7.70. The van der Waals surface area contributed by atoms with Crippen LogP contribution in [0.1, 0.15) is 47.9 Å². The van der Waals surface area contributed by atoms with Crippen LogP contribution in [-0.4, -0.2) is 32.5 Å². The Balaban J connectivity index is 1.60. The van der Waals surface area contributed by atoms with Crippen molar-refractivity contribution >= 4 is 11.0 Å². The Labute approximate surface area is 159 Å². The van der Waals surface area contributed by atoms with Crippen molar-refractivity contribution in [1.29, 1.82) is 0 Å². The molecule has 0 amide bonds. The van der Waals surface area contributed by atoms with Gasteiger partial charge < -0.3 is 4.57 Å². The lowest BCUT2D eigenvalue weighted by Crippen LogP contribution is -2.39. The van der Waals surface area contributed by atoms with E-state index in [4.69, 9.17) is 0 Å². The summed E-state index contributed by atoms with van der Waals surface area (Å²) in [6, 6.07) is 11.0. The number of piperidine rings is 1. The average Bonchev–Trinajstić information content (AvgIpc) is 3.06. The van der Waals surface area contributed by atoms with Crippen molar-refractivity contribution in [1.82, 2.24) is 19.4 Å². The number of aromatic nitrogens is 3. The summed E-state index contributed by atoms with van der Waals surface area (Å²) in [5.74, 6) is 0.304. The molecule has 2 aliphatic heterocycles. The van der Waals surface area contributed by atoms with E-state index in [0.717, 1.165) is 37.0 Å². The number of alkyl halides is 1. The lowest BCUT2D eigenvalue weighted by Gasteiger charge is -2.39. The fourth-order valence-corrected chi connectivity index (χ4v) is 4.90. The van der Waals surface area contributed by atoms with Gasteiger partial charge in [0, 0.05) is 36.8 Å². The van der Waals surface area contributed by atoms with E-state index in [9.17, 15) is 4.39 Å². The maximum atomic E-state index is 13.3. The first-order chi connectivity index (χ1) is 13.3. The molecule has 1 fully saturated rings. The van der Waals surface area contributed by atoms with E-state index in [0.29, 0.717) is 11.9 Å². The minimum absolute atomic E-state index is 0.304. The quantitative estimate of drug-likeness (QED) is 0.695. The molecule has 0 bridgehead atoms. The number of rotatable bonds is 4. The first-order valence-corrected chi connectivity index (χ1v) is 10.1. The summed E-state index contributed by atoms with van der Waals surface area (Å²) in [7, 11) is 0. The summed E-state index contributed by atoms with van der Waals surface area (Å²) in [5.41, 5.74) is 6.14. The van der Waals surface area contributed by atoms with Gasteiger partial charge >= 0.3 is 0 Å². The smallest absolute Gasteiger partial charge is 0.160 e. The zero-order valence-corrected chi connectivity index (χ0v) is 15.6. The van der Waals surface area contributed by atoms with Crippen molar-refractivity contribution in [2.75, 3.05) is 13.1 Å². The standard InChI is InChI=1S/C22H25FN4/c23-14-20-24-15-19-22(25-20)21-17-8-4-5-11-26(17)12-10-18(21)27(19)13-9-16-6-2-1-3-7-16/h1-3,6-7,15,17H,4-5,8-14H2. The fraction of sp³-hybridized carbons (Fsp3) is 0.455. The maximum Gasteiger partial charge on any atom is 0.160 e. The van der Waals surface area contributed by atoms with Gasteiger partial charge in [-0.05, 0) is 31.4 Å². The van der Waals surface area contributed by atoms with E-state index in [2.05, 4.69) is 49.8 Å². The molecule has 1 aromatic carbocycles. The van der Waals surface area contributed by atoms with Gasteiger partial charge in [-0.15, -0.1) is 0 Å². The second-order valence-corrected chi connectivity index (χ2v) is 7.70. The molecule has 1 saturated heterocycles. The fourth-order valence-electron chi connectivity index (χ4n) is 4.90. The molecule has 0 spiro atoms. The third-order valence-corrected chi connectivity index (χ3v) is 6.17. The van der Waals surface area contributed by atoms with Crippen LogP contribution >= 0.6 is 0 Å². The number of aryl methyl sites for hydroxylation is 2. The van der Waals surface area contributed by atoms with Gasteiger partial charge in [0.1, 0.15) is 6.67 Å². The number of halogens is 1. The Morgan fingerprint density at radius 2 is 2.00 bits per heavy atom. The number of benzene rings is 1. The Bertz CT molecular complexity index is 950. The van der Waals surface area contributed by atoms with Crippen LogP contribution in [0.3, 0.4) is 0 Å². The van der Waals surface area contributed by atoms with Gasteiger partial charge in [-0.1, -0.05) is 36.8 Å². The van der Waals surface area contributed by atoms with Crippen LogP contribution in [-0.2, 0) is 26.1 Å². The molecule has 2 aromatic heterocycles. The normalized spacial score (nSPS) is 19.8. The van der Waals surface area contributed by atoms with E-state index in [1.807, 2.05) is 6.20 Å². The summed E-state index contributed by atoms with van der Waals surface area (Å²) in [6.45, 7) is 2.60. The minimum Gasteiger partial charge on any atom is -0.341 e. The molecular weight excluding hydrogens is 339 g/mol. The molecule has 2 aliphatic rings. The van der Waals surface area contributed by atoms with Gasteiger partial charge in [-0.25, -0.2) is 14.4 Å². The molecule has 0 N–H and O–H groups in total. The topological polar surface area (TPSA) is 34.0 Å². The SMILES string of the molecule is FCc1ncc2c(n1)c1c(n2CCc2ccccc2)CCN2CCCCC12. The van der Waals surface area contributed by atoms with Crippen molar-refractivity contribution in [3.63, 3.8) is 0 Å². The highest BCUT2D eigenvalue weighted by Gasteiger charge is 2.34. The van der Waals surface area contributed by atoms with Gasteiger partial charge in [0.15, 0.2) is 5.82 Å². The minimum atomic E-state index is -0.603. The molecule has 0 saturated carbocycles. The highest BCUT2D eigenvalue weighted by atomic mass is 19.1. The predicted molar refractivity (Wildman–Crippen MR) is 104 cm³/mol. The molecule has 140 valence electrons. The molecule has 0 radical (unpaired) electrons. The third kappa shape index (κ3) is 2.94. The molecule has 0 aliphatic carbocycles. The molecule has 4 nitrogen and oxygen atoms in total. The zero-order valence-electron chi connectivity index (χ0n) is 15.6. The summed E-state index contributed by atoms with van der Waals surface area (Å²) >= 11 is 0. The van der Waals surface area contributed by atoms with Crippen LogP contribution in [0.5, 0.6) is 0 Å². The van der Waals surface area contributed by atoms with Crippen LogP contribution in [0.4, 0.5) is 4.39 Å². The van der Waals surface area contributed by atoms with Crippen molar-refractivity contribution in [2.24, 2.45) is 0 Å². The Morgan fingerprint density at radius 3 is 2.85 bits per heavy atom. The van der Waals surface area contributed by atoms with Crippen LogP contribution < -0.4 is 0 Å². The second kappa shape index (κ2) is 7.04. The van der Waals surface area contributed by atoms with Crippen molar-refractivity contribution in [3.8, 4) is 0 Å². The molecule has 5 rings (SSSR count). The summed E-state index contributed by atoms with van der Waals surface area (Å²) < 4.78 is 15.7. The number of fused-ring (bicyclic) bond motifs is 5. The molecule has 3 aromatic rings. The first-order valence-electron chi connectivity index (χ1n) is 10.1. The van der Waals surface area contributed by atoms with E-state index in [-0.39, 0.29) is 0 Å². The highest BCUT2D eigenvalue weighted by Crippen LogP contribution is 2.41. The molecule has 1 atom stereocenters. The summed E-state index contributed by atoms with van der Waals surface area (Å²) in [5, 5.41) is 0. The third-order valence-electron chi connectivity index (χ3n) is 6.17. The number of hydrogen-bond acceptors (Lipinski definition) is 3. The largest absolute Gasteiger partial charge is 0.341 e. The van der Waals surface area contributed by atoms with Crippen LogP contribution in [0, 0.1) is 0 Å². The lowest BCUT2D eigenvalue weighted by molar-refractivity contribution is 0.138. The number of hydrogen-bond donors (Lipinski definition) is 0. The van der Waals surface area contributed by atoms with E-state index >= 15 is 0 Å². The van der Waals surface area contributed by atoms with Crippen molar-refractivity contribution in [3.05, 3.63) is 59.2 Å². The van der Waals surface area contributed by atoms with Crippen LogP contribution in [0.25, 0.3) is 11.0 Å². The van der Waals surface area contributed by atoms with Crippen molar-refractivity contribution < 1.29 is 4.39 Å². The molecule has 27 heavy (non-hydrogen) atoms.